The van der Waals surface area contributed by atoms with Crippen molar-refractivity contribution in [1.82, 2.24) is 34.5 Å². The number of hydrogen-bond acceptors (Lipinski definition) is 8. The molecule has 0 aromatic carbocycles. The Bertz CT molecular complexity index is 1220. The van der Waals surface area contributed by atoms with Crippen LogP contribution in [0.4, 0.5) is 5.82 Å². The second kappa shape index (κ2) is 11.7. The molecule has 3 aromatic heterocycles. The van der Waals surface area contributed by atoms with Crippen LogP contribution >= 0.6 is 11.3 Å². The largest absolute Gasteiger partial charge is 0.352 e. The van der Waals surface area contributed by atoms with E-state index in [1.807, 2.05) is 10.9 Å². The maximum atomic E-state index is 13.4. The van der Waals surface area contributed by atoms with E-state index >= 15 is 0 Å². The summed E-state index contributed by atoms with van der Waals surface area (Å²) in [5.41, 5.74) is 1.87. The Hall–Kier alpha value is -2.59. The number of aryl methyl sites for hydroxylation is 1. The van der Waals surface area contributed by atoms with Crippen LogP contribution in [0.25, 0.3) is 11.0 Å². The molecule has 6 rings (SSSR count). The summed E-state index contributed by atoms with van der Waals surface area (Å²) in [6.45, 7) is 8.39. The molecule has 0 N–H and O–H groups in total. The summed E-state index contributed by atoms with van der Waals surface area (Å²) in [5, 5.41) is 8.89. The first-order valence-electron chi connectivity index (χ1n) is 14.6. The van der Waals surface area contributed by atoms with Gasteiger partial charge < -0.3 is 14.7 Å². The van der Waals surface area contributed by atoms with E-state index in [0.29, 0.717) is 18.5 Å². The third-order valence-electron chi connectivity index (χ3n) is 8.63. The fraction of sp³-hybridized carbons (Fsp3) is 0.679. The zero-order valence-electron chi connectivity index (χ0n) is 22.6. The fourth-order valence-electron chi connectivity index (χ4n) is 6.52. The molecule has 10 heteroatoms. The van der Waals surface area contributed by atoms with Crippen molar-refractivity contribution in [3.8, 4) is 0 Å². The molecular weight excluding hydrogens is 496 g/mol. The molecule has 0 bridgehead atoms. The molecule has 38 heavy (non-hydrogen) atoms. The number of rotatable bonds is 7. The van der Waals surface area contributed by atoms with Crippen LogP contribution in [0.15, 0.2) is 17.9 Å². The lowest BCUT2D eigenvalue weighted by Gasteiger charge is -2.41. The Morgan fingerprint density at radius 3 is 2.55 bits per heavy atom. The number of hydrogen-bond donors (Lipinski definition) is 0. The van der Waals surface area contributed by atoms with Gasteiger partial charge in [0.25, 0.3) is 0 Å². The highest BCUT2D eigenvalue weighted by Crippen LogP contribution is 2.31. The molecule has 1 aliphatic carbocycles. The highest BCUT2D eigenvalue weighted by Gasteiger charge is 2.33. The standard InChI is InChI=1S/C28H40N8OS/c1-2-6-25-32-22(19-38-25)18-36-27-24(17-31-36)26(29-20-30-27)34-13-15-35(16-14-34)28(37)21-7-9-23(10-8-21)33-11-4-3-5-12-33/h17,19-21,23H,2-16,18H2,1H3/t21-,23-. The number of fused-ring (bicyclic) bond motifs is 1. The maximum absolute atomic E-state index is 13.4. The van der Waals surface area contributed by atoms with Gasteiger partial charge in [-0.2, -0.15) is 5.10 Å². The topological polar surface area (TPSA) is 83.3 Å². The van der Waals surface area contributed by atoms with Gasteiger partial charge in [-0.1, -0.05) is 13.3 Å². The highest BCUT2D eigenvalue weighted by molar-refractivity contribution is 7.09. The van der Waals surface area contributed by atoms with Crippen molar-refractivity contribution in [3.63, 3.8) is 0 Å². The molecule has 5 heterocycles. The van der Waals surface area contributed by atoms with E-state index in [-0.39, 0.29) is 5.92 Å². The lowest BCUT2D eigenvalue weighted by molar-refractivity contribution is -0.137. The Kier molecular flexibility index (Phi) is 7.87. The van der Waals surface area contributed by atoms with Gasteiger partial charge in [0.2, 0.25) is 5.91 Å². The van der Waals surface area contributed by atoms with Crippen LogP contribution in [-0.4, -0.2) is 85.7 Å². The molecule has 1 saturated carbocycles. The van der Waals surface area contributed by atoms with Gasteiger partial charge in [0.1, 0.15) is 12.1 Å². The van der Waals surface area contributed by atoms with E-state index in [9.17, 15) is 4.79 Å². The van der Waals surface area contributed by atoms with E-state index in [0.717, 1.165) is 74.4 Å². The molecule has 0 radical (unpaired) electrons. The van der Waals surface area contributed by atoms with Crippen molar-refractivity contribution in [2.24, 2.45) is 5.92 Å². The smallest absolute Gasteiger partial charge is 0.225 e. The molecule has 3 aromatic rings. The molecule has 9 nitrogen and oxygen atoms in total. The molecule has 3 aliphatic rings. The third kappa shape index (κ3) is 5.43. The first-order valence-corrected chi connectivity index (χ1v) is 15.4. The number of amides is 1. The lowest BCUT2D eigenvalue weighted by atomic mass is 9.83. The molecule has 3 fully saturated rings. The zero-order valence-corrected chi connectivity index (χ0v) is 23.4. The normalized spacial score (nSPS) is 23.3. The molecular formula is C28H40N8OS. The summed E-state index contributed by atoms with van der Waals surface area (Å²) in [7, 11) is 0. The summed E-state index contributed by atoms with van der Waals surface area (Å²) < 4.78 is 1.92. The molecule has 2 aliphatic heterocycles. The fourth-order valence-corrected chi connectivity index (χ4v) is 7.41. The second-order valence-electron chi connectivity index (χ2n) is 11.1. The maximum Gasteiger partial charge on any atom is 0.225 e. The highest BCUT2D eigenvalue weighted by atomic mass is 32.1. The van der Waals surface area contributed by atoms with Crippen LogP contribution in [0.5, 0.6) is 0 Å². The Morgan fingerprint density at radius 1 is 1.00 bits per heavy atom. The van der Waals surface area contributed by atoms with Crippen molar-refractivity contribution in [1.29, 1.82) is 0 Å². The van der Waals surface area contributed by atoms with Gasteiger partial charge in [-0.25, -0.2) is 19.6 Å². The number of aromatic nitrogens is 5. The van der Waals surface area contributed by atoms with Gasteiger partial charge in [0.05, 0.1) is 28.8 Å². The monoisotopic (exact) mass is 536 g/mol. The van der Waals surface area contributed by atoms with E-state index in [1.165, 1.54) is 50.2 Å². The minimum absolute atomic E-state index is 0.204. The van der Waals surface area contributed by atoms with Gasteiger partial charge >= 0.3 is 0 Å². The summed E-state index contributed by atoms with van der Waals surface area (Å²) in [6.07, 6.45) is 14.2. The van der Waals surface area contributed by atoms with E-state index < -0.39 is 0 Å². The number of piperazine rings is 1. The molecule has 0 atom stereocenters. The Labute approximate surface area is 229 Å². The van der Waals surface area contributed by atoms with Crippen molar-refractivity contribution >= 4 is 34.1 Å². The Morgan fingerprint density at radius 2 is 1.79 bits per heavy atom. The molecule has 204 valence electrons. The van der Waals surface area contributed by atoms with Gasteiger partial charge in [-0.3, -0.25) is 4.79 Å². The summed E-state index contributed by atoms with van der Waals surface area (Å²) in [6, 6.07) is 0.700. The van der Waals surface area contributed by atoms with Crippen LogP contribution in [-0.2, 0) is 17.8 Å². The van der Waals surface area contributed by atoms with Gasteiger partial charge in [-0.05, 0) is 64.5 Å². The van der Waals surface area contributed by atoms with Gasteiger partial charge in [0.15, 0.2) is 5.65 Å². The first kappa shape index (κ1) is 25.7. The van der Waals surface area contributed by atoms with Crippen LogP contribution in [0.3, 0.4) is 0 Å². The van der Waals surface area contributed by atoms with Gasteiger partial charge in [0, 0.05) is 43.5 Å². The number of thiazole rings is 1. The van der Waals surface area contributed by atoms with Crippen molar-refractivity contribution in [2.45, 2.75) is 77.3 Å². The average molecular weight is 537 g/mol. The van der Waals surface area contributed by atoms with Crippen LogP contribution < -0.4 is 4.90 Å². The Balaban J connectivity index is 1.05. The average Bonchev–Trinajstić information content (AvgIpc) is 3.60. The van der Waals surface area contributed by atoms with E-state index in [2.05, 4.69) is 42.1 Å². The van der Waals surface area contributed by atoms with Crippen molar-refractivity contribution < 1.29 is 4.79 Å². The third-order valence-corrected chi connectivity index (χ3v) is 9.59. The molecule has 0 spiro atoms. The predicted octanol–water partition coefficient (Wildman–Crippen LogP) is 3.98. The number of carbonyl (C=O) groups excluding carboxylic acids is 1. The number of likely N-dealkylation sites (tertiary alicyclic amines) is 1. The minimum atomic E-state index is 0.204. The quantitative estimate of drug-likeness (QED) is 0.452. The van der Waals surface area contributed by atoms with E-state index in [1.54, 1.807) is 17.7 Å². The summed E-state index contributed by atoms with van der Waals surface area (Å²) in [5.74, 6) is 1.49. The minimum Gasteiger partial charge on any atom is -0.352 e. The predicted molar refractivity (Wildman–Crippen MR) is 150 cm³/mol. The SMILES string of the molecule is CCCc1nc(Cn2ncc3c(N4CCN(C(=O)[C@H]5CC[C@H](N6CCCCC6)CC5)CC4)ncnc32)cs1. The zero-order chi connectivity index (χ0) is 25.9. The number of piperidine rings is 1. The molecule has 1 amide bonds. The second-order valence-corrected chi connectivity index (χ2v) is 12.1. The number of nitrogens with zero attached hydrogens (tertiary/aromatic N) is 8. The van der Waals surface area contributed by atoms with Crippen LogP contribution in [0.1, 0.15) is 69.0 Å². The molecule has 2 saturated heterocycles. The van der Waals surface area contributed by atoms with Crippen molar-refractivity contribution in [3.05, 3.63) is 28.6 Å². The number of carbonyl (C=O) groups is 1. The van der Waals surface area contributed by atoms with Crippen LogP contribution in [0, 0.1) is 5.92 Å². The van der Waals surface area contributed by atoms with Crippen LogP contribution in [0.2, 0.25) is 0 Å². The summed E-state index contributed by atoms with van der Waals surface area (Å²) >= 11 is 1.72. The number of anilines is 1. The lowest BCUT2D eigenvalue weighted by Crippen LogP contribution is -2.51. The summed E-state index contributed by atoms with van der Waals surface area (Å²) in [4.78, 5) is 34.4. The van der Waals surface area contributed by atoms with E-state index in [4.69, 9.17) is 4.98 Å². The molecule has 0 unspecified atom stereocenters. The first-order chi connectivity index (χ1) is 18.7. The van der Waals surface area contributed by atoms with Crippen molar-refractivity contribution in [2.75, 3.05) is 44.2 Å². The van der Waals surface area contributed by atoms with Gasteiger partial charge in [-0.15, -0.1) is 11.3 Å².